The lowest BCUT2D eigenvalue weighted by Crippen LogP contribution is -2.24. The lowest BCUT2D eigenvalue weighted by Gasteiger charge is -2.07. The molecule has 0 spiro atoms. The van der Waals surface area contributed by atoms with E-state index in [0.717, 1.165) is 18.0 Å². The van der Waals surface area contributed by atoms with Gasteiger partial charge in [-0.1, -0.05) is 20.8 Å². The van der Waals surface area contributed by atoms with Gasteiger partial charge in [-0.3, -0.25) is 0 Å². The molecular weight excluding hydrogens is 122 g/mol. The highest BCUT2D eigenvalue weighted by molar-refractivity contribution is 5.02. The van der Waals surface area contributed by atoms with E-state index in [0.29, 0.717) is 0 Å². The zero-order valence-corrected chi connectivity index (χ0v) is 7.35. The van der Waals surface area contributed by atoms with Crippen molar-refractivity contribution >= 4 is 0 Å². The topological polar surface area (TPSA) is 12.0 Å². The first-order valence-electron chi connectivity index (χ1n) is 4.66. The van der Waals surface area contributed by atoms with Crippen molar-refractivity contribution in [2.45, 2.75) is 52.1 Å². The van der Waals surface area contributed by atoms with Crippen molar-refractivity contribution in [3.8, 4) is 0 Å². The normalized spacial score (nSPS) is 41.7. The Morgan fingerprint density at radius 3 is 2.30 bits per heavy atom. The van der Waals surface area contributed by atoms with Crippen LogP contribution in [-0.4, -0.2) is 12.1 Å². The number of hydrogen-bond donors (Lipinski definition) is 1. The van der Waals surface area contributed by atoms with Gasteiger partial charge in [-0.25, -0.2) is 0 Å². The Labute approximate surface area is 64.2 Å². The molecule has 0 aromatic heterocycles. The summed E-state index contributed by atoms with van der Waals surface area (Å²) in [6.07, 6.45) is 4.25. The van der Waals surface area contributed by atoms with E-state index in [-0.39, 0.29) is 0 Å². The van der Waals surface area contributed by atoms with E-state index in [1.54, 1.807) is 0 Å². The molecule has 2 aliphatic rings. The number of hydrogen-bond acceptors (Lipinski definition) is 1. The molecule has 0 radical (unpaired) electrons. The predicted octanol–water partition coefficient (Wildman–Crippen LogP) is 2.17. The average Bonchev–Trinajstić information content (AvgIpc) is 2.63. The van der Waals surface area contributed by atoms with Crippen LogP contribution in [0.1, 0.15) is 40.0 Å². The molecule has 1 aliphatic heterocycles. The molecule has 3 atom stereocenters. The smallest absolute Gasteiger partial charge is 0.0102 e. The number of rotatable bonds is 1. The summed E-state index contributed by atoms with van der Waals surface area (Å²) in [4.78, 5) is 0. The van der Waals surface area contributed by atoms with Gasteiger partial charge in [0.2, 0.25) is 0 Å². The summed E-state index contributed by atoms with van der Waals surface area (Å²) in [6, 6.07) is 1.82. The summed E-state index contributed by atoms with van der Waals surface area (Å²) >= 11 is 0. The predicted molar refractivity (Wildman–Crippen MR) is 45.1 cm³/mol. The van der Waals surface area contributed by atoms with Crippen molar-refractivity contribution < 1.29 is 0 Å². The molecule has 10 heavy (non-hydrogen) atoms. The average molecular weight is 141 g/mol. The monoisotopic (exact) mass is 141 g/mol. The lowest BCUT2D eigenvalue weighted by molar-refractivity contribution is 0.526. The fourth-order valence-electron chi connectivity index (χ4n) is 1.73. The Kier molecular flexibility index (Phi) is 2.72. The Balaban J connectivity index is 0.000000231. The van der Waals surface area contributed by atoms with Crippen LogP contribution in [0.25, 0.3) is 0 Å². The molecule has 0 aromatic carbocycles. The molecule has 1 heterocycles. The van der Waals surface area contributed by atoms with Crippen molar-refractivity contribution in [1.29, 1.82) is 0 Å². The van der Waals surface area contributed by atoms with E-state index in [4.69, 9.17) is 0 Å². The minimum Gasteiger partial charge on any atom is -0.311 e. The van der Waals surface area contributed by atoms with Crippen LogP contribution in [0.15, 0.2) is 0 Å². The first kappa shape index (κ1) is 8.06. The third-order valence-corrected chi connectivity index (χ3v) is 2.45. The molecule has 1 N–H and O–H groups in total. The van der Waals surface area contributed by atoms with E-state index in [1.807, 2.05) is 13.8 Å². The summed E-state index contributed by atoms with van der Waals surface area (Å²) in [5.74, 6) is 1.08. The molecule has 0 bridgehead atoms. The molecular formula is C9H19N. The van der Waals surface area contributed by atoms with Crippen molar-refractivity contribution in [3.05, 3.63) is 0 Å². The van der Waals surface area contributed by atoms with Gasteiger partial charge in [-0.05, 0) is 25.2 Å². The molecule has 1 heteroatoms. The van der Waals surface area contributed by atoms with Gasteiger partial charge in [0.25, 0.3) is 0 Å². The SMILES string of the molecule is CC.CCC1CC2CC2N1. The van der Waals surface area contributed by atoms with E-state index in [1.165, 1.54) is 19.3 Å². The van der Waals surface area contributed by atoms with Crippen LogP contribution in [0.4, 0.5) is 0 Å². The quantitative estimate of drug-likeness (QED) is 0.590. The van der Waals surface area contributed by atoms with Gasteiger partial charge < -0.3 is 5.32 Å². The molecule has 1 nitrogen and oxygen atoms in total. The fourth-order valence-corrected chi connectivity index (χ4v) is 1.73. The summed E-state index contributed by atoms with van der Waals surface area (Å²) in [7, 11) is 0. The largest absolute Gasteiger partial charge is 0.311 e. The first-order chi connectivity index (χ1) is 4.90. The summed E-state index contributed by atoms with van der Waals surface area (Å²) in [5.41, 5.74) is 0. The van der Waals surface area contributed by atoms with Crippen molar-refractivity contribution in [2.24, 2.45) is 5.92 Å². The Bertz CT molecular complexity index is 90.9. The van der Waals surface area contributed by atoms with Gasteiger partial charge in [0.15, 0.2) is 0 Å². The Hall–Kier alpha value is -0.0400. The van der Waals surface area contributed by atoms with Crippen molar-refractivity contribution in [3.63, 3.8) is 0 Å². The summed E-state index contributed by atoms with van der Waals surface area (Å²) in [6.45, 7) is 6.27. The van der Waals surface area contributed by atoms with E-state index in [9.17, 15) is 0 Å². The Morgan fingerprint density at radius 1 is 1.30 bits per heavy atom. The van der Waals surface area contributed by atoms with Gasteiger partial charge in [0.05, 0.1) is 0 Å². The van der Waals surface area contributed by atoms with E-state index < -0.39 is 0 Å². The molecule has 1 saturated heterocycles. The van der Waals surface area contributed by atoms with Gasteiger partial charge in [-0.15, -0.1) is 0 Å². The third-order valence-electron chi connectivity index (χ3n) is 2.45. The minimum absolute atomic E-state index is 0.874. The highest BCUT2D eigenvalue weighted by atomic mass is 15.0. The second kappa shape index (κ2) is 3.38. The van der Waals surface area contributed by atoms with Crippen LogP contribution in [0.5, 0.6) is 0 Å². The van der Waals surface area contributed by atoms with E-state index in [2.05, 4.69) is 12.2 Å². The van der Waals surface area contributed by atoms with Crippen molar-refractivity contribution in [1.82, 2.24) is 5.32 Å². The second-order valence-electron chi connectivity index (χ2n) is 3.11. The highest BCUT2D eigenvalue weighted by Crippen LogP contribution is 2.41. The highest BCUT2D eigenvalue weighted by Gasteiger charge is 2.44. The van der Waals surface area contributed by atoms with Gasteiger partial charge in [0, 0.05) is 12.1 Å². The first-order valence-corrected chi connectivity index (χ1v) is 4.66. The molecule has 2 fully saturated rings. The van der Waals surface area contributed by atoms with Crippen LogP contribution < -0.4 is 5.32 Å². The maximum absolute atomic E-state index is 3.58. The standard InChI is InChI=1S/C7H13N.C2H6/c1-2-6-3-5-4-7(5)8-6;1-2/h5-8H,2-4H2,1H3;1-2H3. The molecule has 0 aromatic rings. The summed E-state index contributed by atoms with van der Waals surface area (Å²) < 4.78 is 0. The Morgan fingerprint density at radius 2 is 2.00 bits per heavy atom. The van der Waals surface area contributed by atoms with Gasteiger partial charge in [0.1, 0.15) is 0 Å². The summed E-state index contributed by atoms with van der Waals surface area (Å²) in [5, 5.41) is 3.58. The zero-order chi connectivity index (χ0) is 7.56. The van der Waals surface area contributed by atoms with Gasteiger partial charge >= 0.3 is 0 Å². The zero-order valence-electron chi connectivity index (χ0n) is 7.35. The number of fused-ring (bicyclic) bond motifs is 1. The molecule has 2 rings (SSSR count). The lowest BCUT2D eigenvalue weighted by atomic mass is 10.1. The van der Waals surface area contributed by atoms with E-state index >= 15 is 0 Å². The molecule has 60 valence electrons. The van der Waals surface area contributed by atoms with Crippen molar-refractivity contribution in [2.75, 3.05) is 0 Å². The molecule has 3 unspecified atom stereocenters. The number of nitrogens with one attached hydrogen (secondary N) is 1. The fraction of sp³-hybridized carbons (Fsp3) is 1.00. The minimum atomic E-state index is 0.874. The van der Waals surface area contributed by atoms with Gasteiger partial charge in [-0.2, -0.15) is 0 Å². The maximum atomic E-state index is 3.58. The number of piperidine rings is 1. The molecule has 1 saturated carbocycles. The van der Waals surface area contributed by atoms with Crippen LogP contribution in [-0.2, 0) is 0 Å². The maximum Gasteiger partial charge on any atom is 0.0102 e. The van der Waals surface area contributed by atoms with Crippen LogP contribution in [0, 0.1) is 5.92 Å². The molecule has 1 aliphatic carbocycles. The van der Waals surface area contributed by atoms with Crippen LogP contribution in [0.3, 0.4) is 0 Å². The third kappa shape index (κ3) is 1.51. The molecule has 0 amide bonds. The second-order valence-corrected chi connectivity index (χ2v) is 3.11. The van der Waals surface area contributed by atoms with Crippen LogP contribution in [0.2, 0.25) is 0 Å². The van der Waals surface area contributed by atoms with Crippen LogP contribution >= 0.6 is 0 Å².